The molecular weight excluding hydrogens is 266 g/mol. The molecule has 1 aromatic heterocycles. The largest absolute Gasteiger partial charge is 0.349 e. The zero-order valence-corrected chi connectivity index (χ0v) is 11.3. The SMILES string of the molecule is O=C(CNC1CCS(=O)(=O)C1)NCc1ccccn1. The first-order chi connectivity index (χ1) is 9.05. The zero-order valence-electron chi connectivity index (χ0n) is 10.5. The summed E-state index contributed by atoms with van der Waals surface area (Å²) < 4.78 is 22.5. The highest BCUT2D eigenvalue weighted by molar-refractivity contribution is 7.91. The number of pyridine rings is 1. The van der Waals surface area contributed by atoms with Gasteiger partial charge in [-0.1, -0.05) is 6.07 Å². The fourth-order valence-electron chi connectivity index (χ4n) is 1.95. The molecule has 1 atom stereocenters. The van der Waals surface area contributed by atoms with Gasteiger partial charge in [0.05, 0.1) is 30.3 Å². The summed E-state index contributed by atoms with van der Waals surface area (Å²) in [4.78, 5) is 15.7. The van der Waals surface area contributed by atoms with Crippen LogP contribution in [0.5, 0.6) is 0 Å². The Morgan fingerprint density at radius 1 is 1.42 bits per heavy atom. The number of sulfone groups is 1. The first-order valence-corrected chi connectivity index (χ1v) is 7.98. The average molecular weight is 283 g/mol. The number of carbonyl (C=O) groups is 1. The van der Waals surface area contributed by atoms with Crippen molar-refractivity contribution in [2.75, 3.05) is 18.1 Å². The Labute approximate surface area is 112 Å². The molecule has 0 bridgehead atoms. The highest BCUT2D eigenvalue weighted by Crippen LogP contribution is 2.10. The number of aromatic nitrogens is 1. The third-order valence-electron chi connectivity index (χ3n) is 2.98. The summed E-state index contributed by atoms with van der Waals surface area (Å²) in [7, 11) is -2.90. The maximum Gasteiger partial charge on any atom is 0.234 e. The molecule has 2 heterocycles. The minimum absolute atomic E-state index is 0.106. The second-order valence-electron chi connectivity index (χ2n) is 4.58. The predicted octanol–water partition coefficient (Wildman–Crippen LogP) is -0.525. The Balaban J connectivity index is 1.68. The quantitative estimate of drug-likeness (QED) is 0.759. The highest BCUT2D eigenvalue weighted by Gasteiger charge is 2.27. The molecule has 1 fully saturated rings. The summed E-state index contributed by atoms with van der Waals surface area (Å²) in [6, 6.07) is 5.39. The fourth-order valence-corrected chi connectivity index (χ4v) is 3.66. The molecule has 0 radical (unpaired) electrons. The summed E-state index contributed by atoms with van der Waals surface area (Å²) >= 11 is 0. The lowest BCUT2D eigenvalue weighted by molar-refractivity contribution is -0.120. The summed E-state index contributed by atoms with van der Waals surface area (Å²) in [6.45, 7) is 0.511. The molecule has 0 aromatic carbocycles. The highest BCUT2D eigenvalue weighted by atomic mass is 32.2. The number of rotatable bonds is 5. The Morgan fingerprint density at radius 2 is 2.26 bits per heavy atom. The molecule has 1 unspecified atom stereocenters. The molecule has 1 aliphatic rings. The van der Waals surface area contributed by atoms with E-state index >= 15 is 0 Å². The minimum atomic E-state index is -2.90. The second-order valence-corrected chi connectivity index (χ2v) is 6.81. The van der Waals surface area contributed by atoms with Crippen LogP contribution < -0.4 is 10.6 Å². The zero-order chi connectivity index (χ0) is 13.7. The van der Waals surface area contributed by atoms with E-state index in [0.29, 0.717) is 13.0 Å². The lowest BCUT2D eigenvalue weighted by Crippen LogP contribution is -2.39. The Kier molecular flexibility index (Phi) is 4.49. The molecule has 104 valence electrons. The van der Waals surface area contributed by atoms with Crippen molar-refractivity contribution in [3.05, 3.63) is 30.1 Å². The molecule has 0 aliphatic carbocycles. The van der Waals surface area contributed by atoms with Crippen LogP contribution in [0.4, 0.5) is 0 Å². The summed E-state index contributed by atoms with van der Waals surface area (Å²) in [5, 5.41) is 5.69. The van der Waals surface area contributed by atoms with Gasteiger partial charge in [-0.3, -0.25) is 9.78 Å². The van der Waals surface area contributed by atoms with E-state index in [1.165, 1.54) is 0 Å². The number of hydrogen-bond donors (Lipinski definition) is 2. The van der Waals surface area contributed by atoms with E-state index in [0.717, 1.165) is 5.69 Å². The van der Waals surface area contributed by atoms with Crippen molar-refractivity contribution in [2.45, 2.75) is 19.0 Å². The van der Waals surface area contributed by atoms with Gasteiger partial charge in [-0.15, -0.1) is 0 Å². The van der Waals surface area contributed by atoms with Crippen molar-refractivity contribution in [1.29, 1.82) is 0 Å². The maximum atomic E-state index is 11.6. The molecule has 1 aliphatic heterocycles. The second kappa shape index (κ2) is 6.12. The van der Waals surface area contributed by atoms with Crippen molar-refractivity contribution in [3.63, 3.8) is 0 Å². The molecule has 0 saturated carbocycles. The van der Waals surface area contributed by atoms with Crippen LogP contribution in [0.15, 0.2) is 24.4 Å². The average Bonchev–Trinajstić information content (AvgIpc) is 2.75. The van der Waals surface area contributed by atoms with Gasteiger partial charge in [0.2, 0.25) is 5.91 Å². The van der Waals surface area contributed by atoms with E-state index in [-0.39, 0.29) is 30.0 Å². The van der Waals surface area contributed by atoms with E-state index in [1.807, 2.05) is 18.2 Å². The molecule has 6 nitrogen and oxygen atoms in total. The number of carbonyl (C=O) groups excluding carboxylic acids is 1. The van der Waals surface area contributed by atoms with Crippen LogP contribution in [0, 0.1) is 0 Å². The maximum absolute atomic E-state index is 11.6. The number of hydrogen-bond acceptors (Lipinski definition) is 5. The lowest BCUT2D eigenvalue weighted by Gasteiger charge is -2.10. The first-order valence-electron chi connectivity index (χ1n) is 6.15. The minimum Gasteiger partial charge on any atom is -0.349 e. The molecular formula is C12H17N3O3S. The van der Waals surface area contributed by atoms with E-state index in [2.05, 4.69) is 15.6 Å². The molecule has 19 heavy (non-hydrogen) atoms. The van der Waals surface area contributed by atoms with Crippen LogP contribution >= 0.6 is 0 Å². The van der Waals surface area contributed by atoms with Gasteiger partial charge in [0.15, 0.2) is 9.84 Å². The Morgan fingerprint density at radius 3 is 2.89 bits per heavy atom. The number of nitrogens with one attached hydrogen (secondary N) is 2. The lowest BCUT2D eigenvalue weighted by atomic mass is 10.2. The summed E-state index contributed by atoms with van der Waals surface area (Å²) in [6.07, 6.45) is 2.25. The molecule has 0 spiro atoms. The van der Waals surface area contributed by atoms with Crippen LogP contribution in [0.2, 0.25) is 0 Å². The fraction of sp³-hybridized carbons (Fsp3) is 0.500. The van der Waals surface area contributed by atoms with Gasteiger partial charge >= 0.3 is 0 Å². The van der Waals surface area contributed by atoms with Gasteiger partial charge in [0.1, 0.15) is 0 Å². The van der Waals surface area contributed by atoms with Crippen molar-refractivity contribution in [3.8, 4) is 0 Å². The van der Waals surface area contributed by atoms with Crippen molar-refractivity contribution in [1.82, 2.24) is 15.6 Å². The smallest absolute Gasteiger partial charge is 0.234 e. The molecule has 1 amide bonds. The first kappa shape index (κ1) is 14.0. The third kappa shape index (κ3) is 4.60. The topological polar surface area (TPSA) is 88.2 Å². The van der Waals surface area contributed by atoms with E-state index in [4.69, 9.17) is 0 Å². The van der Waals surface area contributed by atoms with Gasteiger partial charge in [0.25, 0.3) is 0 Å². The van der Waals surface area contributed by atoms with Crippen LogP contribution in [-0.4, -0.2) is 43.4 Å². The van der Waals surface area contributed by atoms with Gasteiger partial charge in [0, 0.05) is 12.2 Å². The monoisotopic (exact) mass is 283 g/mol. The van der Waals surface area contributed by atoms with Crippen molar-refractivity contribution >= 4 is 15.7 Å². The van der Waals surface area contributed by atoms with Crippen molar-refractivity contribution < 1.29 is 13.2 Å². The van der Waals surface area contributed by atoms with Crippen LogP contribution in [0.3, 0.4) is 0 Å². The Bertz CT molecular complexity index is 530. The molecule has 1 aromatic rings. The molecule has 1 saturated heterocycles. The van der Waals surface area contributed by atoms with Gasteiger partial charge in [-0.25, -0.2) is 8.42 Å². The molecule has 7 heteroatoms. The van der Waals surface area contributed by atoms with E-state index in [1.54, 1.807) is 6.20 Å². The van der Waals surface area contributed by atoms with Crippen molar-refractivity contribution in [2.24, 2.45) is 0 Å². The Hall–Kier alpha value is -1.47. The summed E-state index contributed by atoms with van der Waals surface area (Å²) in [5.41, 5.74) is 0.791. The van der Waals surface area contributed by atoms with Crippen LogP contribution in [0.25, 0.3) is 0 Å². The molecule has 2 rings (SSSR count). The normalized spacial score (nSPS) is 21.2. The number of nitrogens with zero attached hydrogens (tertiary/aromatic N) is 1. The van der Waals surface area contributed by atoms with Gasteiger partial charge < -0.3 is 10.6 Å². The van der Waals surface area contributed by atoms with Gasteiger partial charge in [-0.05, 0) is 18.6 Å². The standard InChI is InChI=1S/C12H17N3O3S/c16-12(15-7-10-3-1-2-5-13-10)8-14-11-4-6-19(17,18)9-11/h1-3,5,11,14H,4,6-9H2,(H,15,16). The third-order valence-corrected chi connectivity index (χ3v) is 4.74. The van der Waals surface area contributed by atoms with Crippen LogP contribution in [-0.2, 0) is 21.2 Å². The van der Waals surface area contributed by atoms with Gasteiger partial charge in [-0.2, -0.15) is 0 Å². The van der Waals surface area contributed by atoms with E-state index < -0.39 is 9.84 Å². The summed E-state index contributed by atoms with van der Waals surface area (Å²) in [5.74, 6) is 0.177. The number of amides is 1. The van der Waals surface area contributed by atoms with E-state index in [9.17, 15) is 13.2 Å². The predicted molar refractivity (Wildman–Crippen MR) is 71.1 cm³/mol. The molecule has 2 N–H and O–H groups in total. The van der Waals surface area contributed by atoms with Crippen LogP contribution in [0.1, 0.15) is 12.1 Å².